The molecule has 1 saturated heterocycles. The second-order valence-electron chi connectivity index (χ2n) is 8.30. The van der Waals surface area contributed by atoms with E-state index in [1.165, 1.54) is 9.87 Å². The first-order valence-corrected chi connectivity index (χ1v) is 13.1. The average molecular weight is 493 g/mol. The number of piperazine rings is 1. The number of nitrogens with zero attached hydrogens (tertiary/aromatic N) is 3. The summed E-state index contributed by atoms with van der Waals surface area (Å²) in [5.74, 6) is -0.140. The van der Waals surface area contributed by atoms with Gasteiger partial charge in [-0.05, 0) is 42.3 Å². The first-order valence-electron chi connectivity index (χ1n) is 11.3. The van der Waals surface area contributed by atoms with Crippen molar-refractivity contribution in [2.45, 2.75) is 32.2 Å². The summed E-state index contributed by atoms with van der Waals surface area (Å²) in [6.07, 6.45) is 0. The van der Waals surface area contributed by atoms with Crippen molar-refractivity contribution in [3.63, 3.8) is 0 Å². The van der Waals surface area contributed by atoms with Gasteiger partial charge >= 0.3 is 0 Å². The largest absolute Gasteiger partial charge is 0.325 e. The fourth-order valence-corrected chi connectivity index (χ4v) is 5.70. The van der Waals surface area contributed by atoms with Crippen LogP contribution in [0.4, 0.5) is 5.69 Å². The minimum Gasteiger partial charge on any atom is -0.325 e. The number of carbonyl (C=O) groups excluding carboxylic acids is 1. The first kappa shape index (κ1) is 25.6. The Hall–Kier alpha value is -1.97. The Bertz CT molecular complexity index is 1070. The van der Waals surface area contributed by atoms with E-state index < -0.39 is 10.0 Å². The van der Waals surface area contributed by atoms with Gasteiger partial charge in [-0.2, -0.15) is 4.31 Å². The van der Waals surface area contributed by atoms with E-state index in [0.717, 1.165) is 43.3 Å². The predicted octanol–water partition coefficient (Wildman–Crippen LogP) is 3.44. The molecule has 0 saturated carbocycles. The molecule has 0 unspecified atom stereocenters. The number of benzene rings is 2. The Balaban J connectivity index is 1.56. The quantitative estimate of drug-likeness (QED) is 0.580. The number of amides is 1. The van der Waals surface area contributed by atoms with E-state index in [-0.39, 0.29) is 17.3 Å². The van der Waals surface area contributed by atoms with E-state index in [9.17, 15) is 13.2 Å². The van der Waals surface area contributed by atoms with Gasteiger partial charge in [0, 0.05) is 56.5 Å². The maximum absolute atomic E-state index is 12.8. The molecule has 1 amide bonds. The summed E-state index contributed by atoms with van der Waals surface area (Å²) in [6, 6.07) is 12.8. The number of sulfonamides is 1. The molecule has 1 aliphatic heterocycles. The van der Waals surface area contributed by atoms with Crippen molar-refractivity contribution in [1.29, 1.82) is 0 Å². The Kier molecular flexibility index (Phi) is 8.89. The Morgan fingerprint density at radius 1 is 1.03 bits per heavy atom. The second-order valence-corrected chi connectivity index (χ2v) is 10.7. The lowest BCUT2D eigenvalue weighted by Gasteiger charge is -2.34. The molecular formula is C24H33ClN4O3S. The molecule has 0 spiro atoms. The molecule has 0 radical (unpaired) electrons. The van der Waals surface area contributed by atoms with Crippen LogP contribution in [0.2, 0.25) is 5.02 Å². The molecule has 3 rings (SSSR count). The minimum atomic E-state index is -3.58. The smallest absolute Gasteiger partial charge is 0.243 e. The van der Waals surface area contributed by atoms with Gasteiger partial charge in [0.05, 0.1) is 11.4 Å². The maximum Gasteiger partial charge on any atom is 0.243 e. The summed E-state index contributed by atoms with van der Waals surface area (Å²) in [5.41, 5.74) is 2.55. The van der Waals surface area contributed by atoms with Crippen LogP contribution in [0.1, 0.15) is 25.0 Å². The van der Waals surface area contributed by atoms with Crippen LogP contribution in [-0.4, -0.2) is 74.2 Å². The monoisotopic (exact) mass is 492 g/mol. The normalized spacial score (nSPS) is 15.7. The number of aryl methyl sites for hydroxylation is 1. The molecule has 1 heterocycles. The van der Waals surface area contributed by atoms with E-state index in [4.69, 9.17) is 11.6 Å². The van der Waals surface area contributed by atoms with Gasteiger partial charge in [0.2, 0.25) is 15.9 Å². The molecule has 2 aromatic rings. The van der Waals surface area contributed by atoms with Crippen molar-refractivity contribution < 1.29 is 13.2 Å². The summed E-state index contributed by atoms with van der Waals surface area (Å²) in [6.45, 7) is 10.7. The van der Waals surface area contributed by atoms with Crippen LogP contribution >= 0.6 is 11.6 Å². The lowest BCUT2D eigenvalue weighted by molar-refractivity contribution is -0.117. The molecule has 9 heteroatoms. The first-order chi connectivity index (χ1) is 15.7. The molecule has 180 valence electrons. The highest BCUT2D eigenvalue weighted by Crippen LogP contribution is 2.23. The third-order valence-corrected chi connectivity index (χ3v) is 8.23. The third kappa shape index (κ3) is 6.77. The number of hydrogen-bond acceptors (Lipinski definition) is 5. The van der Waals surface area contributed by atoms with Crippen LogP contribution in [0.25, 0.3) is 0 Å². The highest BCUT2D eigenvalue weighted by molar-refractivity contribution is 7.89. The second kappa shape index (κ2) is 11.4. The van der Waals surface area contributed by atoms with Crippen LogP contribution in [0.15, 0.2) is 47.4 Å². The average Bonchev–Trinajstić information content (AvgIpc) is 2.77. The summed E-state index contributed by atoms with van der Waals surface area (Å²) in [4.78, 5) is 17.4. The summed E-state index contributed by atoms with van der Waals surface area (Å²) in [5, 5.41) is 3.65. The molecule has 7 nitrogen and oxygen atoms in total. The van der Waals surface area contributed by atoms with Gasteiger partial charge in [0.1, 0.15) is 0 Å². The summed E-state index contributed by atoms with van der Waals surface area (Å²) in [7, 11) is -3.58. The molecule has 1 N–H and O–H groups in total. The molecule has 1 fully saturated rings. The van der Waals surface area contributed by atoms with Crippen LogP contribution in [0.3, 0.4) is 0 Å². The van der Waals surface area contributed by atoms with Crippen LogP contribution < -0.4 is 5.32 Å². The summed E-state index contributed by atoms with van der Waals surface area (Å²) < 4.78 is 27.1. The number of rotatable bonds is 9. The molecule has 1 aliphatic rings. The van der Waals surface area contributed by atoms with Gasteiger partial charge in [-0.3, -0.25) is 14.6 Å². The van der Waals surface area contributed by atoms with E-state index in [2.05, 4.69) is 21.2 Å². The van der Waals surface area contributed by atoms with Gasteiger partial charge in [0.25, 0.3) is 0 Å². The zero-order chi connectivity index (χ0) is 24.0. The van der Waals surface area contributed by atoms with Gasteiger partial charge in [-0.1, -0.05) is 43.6 Å². The Morgan fingerprint density at radius 2 is 1.70 bits per heavy atom. The Morgan fingerprint density at radius 3 is 2.33 bits per heavy atom. The lowest BCUT2D eigenvalue weighted by Crippen LogP contribution is -2.48. The zero-order valence-corrected chi connectivity index (χ0v) is 21.1. The third-order valence-electron chi connectivity index (χ3n) is 5.95. The highest BCUT2D eigenvalue weighted by atomic mass is 35.5. The number of nitrogens with one attached hydrogen (secondary N) is 1. The van der Waals surface area contributed by atoms with Crippen molar-refractivity contribution in [1.82, 2.24) is 14.1 Å². The molecule has 0 aromatic heterocycles. The van der Waals surface area contributed by atoms with Crippen LogP contribution in [0.5, 0.6) is 0 Å². The van der Waals surface area contributed by atoms with Crippen molar-refractivity contribution in [3.8, 4) is 0 Å². The highest BCUT2D eigenvalue weighted by Gasteiger charge is 2.23. The zero-order valence-electron chi connectivity index (χ0n) is 19.6. The van der Waals surface area contributed by atoms with Gasteiger partial charge in [-0.25, -0.2) is 8.42 Å². The number of halogens is 1. The molecular weight excluding hydrogens is 460 g/mol. The van der Waals surface area contributed by atoms with Crippen molar-refractivity contribution in [2.75, 3.05) is 51.1 Å². The van der Waals surface area contributed by atoms with E-state index in [1.54, 1.807) is 18.2 Å². The fourth-order valence-electron chi connectivity index (χ4n) is 4.00. The molecule has 33 heavy (non-hydrogen) atoms. The summed E-state index contributed by atoms with van der Waals surface area (Å²) >= 11 is 6.08. The lowest BCUT2D eigenvalue weighted by atomic mass is 10.2. The van der Waals surface area contributed by atoms with Gasteiger partial charge in [0.15, 0.2) is 0 Å². The predicted molar refractivity (Wildman–Crippen MR) is 133 cm³/mol. The topological polar surface area (TPSA) is 73.0 Å². The standard InChI is InChI=1S/C24H33ClN4O3S/c1-4-29(5-2)33(31,32)22-10-9-19(3)23(16-22)26-24(30)18-28-13-11-27(12-14-28)17-20-7-6-8-21(25)15-20/h6-10,15-16H,4-5,11-14,17-18H2,1-3H3,(H,26,30). The fraction of sp³-hybridized carbons (Fsp3) is 0.458. The van der Waals surface area contributed by atoms with Crippen molar-refractivity contribution in [2.24, 2.45) is 0 Å². The molecule has 0 aliphatic carbocycles. The van der Waals surface area contributed by atoms with Crippen LogP contribution in [0, 0.1) is 6.92 Å². The van der Waals surface area contributed by atoms with Crippen molar-refractivity contribution >= 4 is 33.2 Å². The van der Waals surface area contributed by atoms with E-state index in [0.29, 0.717) is 18.8 Å². The van der Waals surface area contributed by atoms with E-state index in [1.807, 2.05) is 39.0 Å². The number of carbonyl (C=O) groups is 1. The molecule has 2 aromatic carbocycles. The maximum atomic E-state index is 12.8. The van der Waals surface area contributed by atoms with Crippen LogP contribution in [-0.2, 0) is 21.4 Å². The molecule has 0 atom stereocenters. The van der Waals surface area contributed by atoms with E-state index >= 15 is 0 Å². The SMILES string of the molecule is CCN(CC)S(=O)(=O)c1ccc(C)c(NC(=O)CN2CCN(Cc3cccc(Cl)c3)CC2)c1. The Labute approximate surface area is 202 Å². The van der Waals surface area contributed by atoms with Crippen molar-refractivity contribution in [3.05, 3.63) is 58.6 Å². The minimum absolute atomic E-state index is 0.140. The van der Waals surface area contributed by atoms with Gasteiger partial charge in [-0.15, -0.1) is 0 Å². The van der Waals surface area contributed by atoms with Gasteiger partial charge < -0.3 is 5.32 Å². The molecule has 0 bridgehead atoms. The number of anilines is 1. The number of hydrogen-bond donors (Lipinski definition) is 1.